The molecule has 1 aliphatic rings. The smallest absolute Gasteiger partial charge is 0.381 e. The molecule has 1 unspecified atom stereocenters. The van der Waals surface area contributed by atoms with Gasteiger partial charge in [-0.3, -0.25) is 4.57 Å². The molecule has 1 aromatic heterocycles. The Morgan fingerprint density at radius 1 is 1.32 bits per heavy atom. The Morgan fingerprint density at radius 2 is 2.12 bits per heavy atom. The lowest BCUT2D eigenvalue weighted by Crippen LogP contribution is -2.11. The fraction of sp³-hybridized carbons (Fsp3) is 0.467. The number of thioether (sulfide) groups is 1. The Bertz CT molecular complexity index is 704. The van der Waals surface area contributed by atoms with Gasteiger partial charge in [0.15, 0.2) is 11.0 Å². The van der Waals surface area contributed by atoms with Crippen LogP contribution in [0.4, 0.5) is 13.2 Å². The minimum atomic E-state index is -4.40. The fourth-order valence-electron chi connectivity index (χ4n) is 2.51. The Morgan fingerprint density at radius 3 is 2.76 bits per heavy atom. The molecular weight excluding hydrogens is 377 g/mol. The van der Waals surface area contributed by atoms with Crippen molar-refractivity contribution < 1.29 is 17.9 Å². The molecule has 2 N–H and O–H groups in total. The van der Waals surface area contributed by atoms with E-state index in [1.165, 1.54) is 17.8 Å². The SMILES string of the molecule is Cl.NCc1nnc(SCC2CCOC2)n1-c1cccc(C(F)(F)F)c1. The number of hydrogen-bond acceptors (Lipinski definition) is 5. The second kappa shape index (κ2) is 8.39. The monoisotopic (exact) mass is 394 g/mol. The Hall–Kier alpha value is -1.29. The van der Waals surface area contributed by atoms with Crippen molar-refractivity contribution in [2.24, 2.45) is 11.7 Å². The van der Waals surface area contributed by atoms with E-state index in [0.717, 1.165) is 30.9 Å². The van der Waals surface area contributed by atoms with Crippen LogP contribution < -0.4 is 5.73 Å². The molecule has 1 atom stereocenters. The largest absolute Gasteiger partial charge is 0.416 e. The van der Waals surface area contributed by atoms with Crippen LogP contribution in [0.25, 0.3) is 5.69 Å². The average Bonchev–Trinajstić information content (AvgIpc) is 3.21. The molecule has 2 aromatic rings. The first kappa shape index (κ1) is 20.0. The molecule has 5 nitrogen and oxygen atoms in total. The minimum Gasteiger partial charge on any atom is -0.381 e. The van der Waals surface area contributed by atoms with Crippen LogP contribution in [-0.2, 0) is 17.5 Å². The topological polar surface area (TPSA) is 66.0 Å². The molecule has 1 fully saturated rings. The van der Waals surface area contributed by atoms with E-state index in [2.05, 4.69) is 10.2 Å². The average molecular weight is 395 g/mol. The van der Waals surface area contributed by atoms with E-state index >= 15 is 0 Å². The van der Waals surface area contributed by atoms with E-state index in [-0.39, 0.29) is 19.0 Å². The van der Waals surface area contributed by atoms with Gasteiger partial charge in [-0.1, -0.05) is 17.8 Å². The Balaban J connectivity index is 0.00000225. The Kier molecular flexibility index (Phi) is 6.72. The summed E-state index contributed by atoms with van der Waals surface area (Å²) in [6.45, 7) is 1.55. The molecule has 2 heterocycles. The van der Waals surface area contributed by atoms with Crippen LogP contribution in [0.2, 0.25) is 0 Å². The molecule has 0 spiro atoms. The van der Waals surface area contributed by atoms with Crippen LogP contribution in [0.3, 0.4) is 0 Å². The van der Waals surface area contributed by atoms with E-state index in [1.807, 2.05) is 0 Å². The number of ether oxygens (including phenoxy) is 1. The zero-order valence-corrected chi connectivity index (χ0v) is 14.8. The molecule has 0 saturated carbocycles. The van der Waals surface area contributed by atoms with Gasteiger partial charge < -0.3 is 10.5 Å². The first-order valence-corrected chi connectivity index (χ1v) is 8.50. The predicted octanol–water partition coefficient (Wildman–Crippen LogP) is 3.30. The van der Waals surface area contributed by atoms with Crippen molar-refractivity contribution in [1.82, 2.24) is 14.8 Å². The van der Waals surface area contributed by atoms with Gasteiger partial charge in [-0.25, -0.2) is 0 Å². The van der Waals surface area contributed by atoms with Gasteiger partial charge in [0.2, 0.25) is 0 Å². The van der Waals surface area contributed by atoms with Crippen LogP contribution in [-0.4, -0.2) is 33.7 Å². The maximum absolute atomic E-state index is 13.0. The summed E-state index contributed by atoms with van der Waals surface area (Å²) in [6, 6.07) is 5.10. The van der Waals surface area contributed by atoms with Crippen molar-refractivity contribution in [3.8, 4) is 5.69 Å². The standard InChI is InChI=1S/C15H17F3N4OS.ClH/c16-15(17,18)11-2-1-3-12(6-11)22-13(7-19)20-21-14(22)24-9-10-4-5-23-8-10;/h1-3,6,10H,4-5,7-9,19H2;1H. The summed E-state index contributed by atoms with van der Waals surface area (Å²) in [5, 5.41) is 8.64. The number of nitrogens with zero attached hydrogens (tertiary/aromatic N) is 3. The summed E-state index contributed by atoms with van der Waals surface area (Å²) >= 11 is 1.46. The molecule has 1 saturated heterocycles. The van der Waals surface area contributed by atoms with Crippen LogP contribution in [0.5, 0.6) is 0 Å². The quantitative estimate of drug-likeness (QED) is 0.788. The van der Waals surface area contributed by atoms with Crippen LogP contribution in [0, 0.1) is 5.92 Å². The highest BCUT2D eigenvalue weighted by molar-refractivity contribution is 7.99. The zero-order valence-electron chi connectivity index (χ0n) is 13.2. The second-order valence-corrected chi connectivity index (χ2v) is 6.51. The van der Waals surface area contributed by atoms with E-state index in [1.54, 1.807) is 10.6 Å². The first-order valence-electron chi connectivity index (χ1n) is 7.51. The summed E-state index contributed by atoms with van der Waals surface area (Å²) in [4.78, 5) is 0. The van der Waals surface area contributed by atoms with Gasteiger partial charge in [0.1, 0.15) is 0 Å². The third kappa shape index (κ3) is 4.66. The van der Waals surface area contributed by atoms with Crippen LogP contribution >= 0.6 is 24.2 Å². The molecule has 25 heavy (non-hydrogen) atoms. The maximum atomic E-state index is 13.0. The van der Waals surface area contributed by atoms with E-state index in [0.29, 0.717) is 29.2 Å². The first-order chi connectivity index (χ1) is 11.5. The lowest BCUT2D eigenvalue weighted by molar-refractivity contribution is -0.137. The molecule has 3 rings (SSSR count). The van der Waals surface area contributed by atoms with E-state index in [9.17, 15) is 13.2 Å². The van der Waals surface area contributed by atoms with Gasteiger partial charge in [-0.15, -0.1) is 22.6 Å². The highest BCUT2D eigenvalue weighted by Crippen LogP contribution is 2.32. The van der Waals surface area contributed by atoms with Crippen molar-refractivity contribution in [3.05, 3.63) is 35.7 Å². The Labute approximate surface area is 153 Å². The van der Waals surface area contributed by atoms with Crippen LogP contribution in [0.1, 0.15) is 17.8 Å². The summed E-state index contributed by atoms with van der Waals surface area (Å²) in [5.41, 5.74) is 5.32. The number of alkyl halides is 3. The fourth-order valence-corrected chi connectivity index (χ4v) is 3.60. The summed E-state index contributed by atoms with van der Waals surface area (Å²) in [6.07, 6.45) is -3.42. The number of hydrogen-bond donors (Lipinski definition) is 1. The molecule has 0 aliphatic carbocycles. The van der Waals surface area contributed by atoms with E-state index in [4.69, 9.17) is 10.5 Å². The summed E-state index contributed by atoms with van der Waals surface area (Å²) in [7, 11) is 0. The van der Waals surface area contributed by atoms with Crippen molar-refractivity contribution in [1.29, 1.82) is 0 Å². The lowest BCUT2D eigenvalue weighted by Gasteiger charge is -2.13. The third-order valence-corrected chi connectivity index (χ3v) is 4.95. The molecule has 1 aliphatic heterocycles. The summed E-state index contributed by atoms with van der Waals surface area (Å²) in [5.74, 6) is 1.63. The zero-order chi connectivity index (χ0) is 17.2. The number of benzene rings is 1. The summed E-state index contributed by atoms with van der Waals surface area (Å²) < 4.78 is 45.8. The number of aromatic nitrogens is 3. The molecule has 0 radical (unpaired) electrons. The third-order valence-electron chi connectivity index (χ3n) is 3.79. The highest BCUT2D eigenvalue weighted by Gasteiger charge is 2.31. The van der Waals surface area contributed by atoms with Crippen molar-refractivity contribution >= 4 is 24.2 Å². The maximum Gasteiger partial charge on any atom is 0.416 e. The van der Waals surface area contributed by atoms with Gasteiger partial charge in [0, 0.05) is 12.4 Å². The lowest BCUT2D eigenvalue weighted by atomic mass is 10.2. The molecular formula is C15H18ClF3N4OS. The highest BCUT2D eigenvalue weighted by atomic mass is 35.5. The van der Waals surface area contributed by atoms with Crippen molar-refractivity contribution in [2.75, 3.05) is 19.0 Å². The van der Waals surface area contributed by atoms with Gasteiger partial charge in [0.25, 0.3) is 0 Å². The molecule has 138 valence electrons. The minimum absolute atomic E-state index is 0. The van der Waals surface area contributed by atoms with Crippen molar-refractivity contribution in [3.63, 3.8) is 0 Å². The number of halogens is 4. The molecule has 1 aromatic carbocycles. The molecule has 0 bridgehead atoms. The van der Waals surface area contributed by atoms with Crippen LogP contribution in [0.15, 0.2) is 29.4 Å². The molecule has 10 heteroatoms. The molecule has 0 amide bonds. The number of nitrogens with two attached hydrogens (primary N) is 1. The van der Waals surface area contributed by atoms with E-state index < -0.39 is 11.7 Å². The van der Waals surface area contributed by atoms with Gasteiger partial charge in [-0.05, 0) is 30.5 Å². The van der Waals surface area contributed by atoms with Gasteiger partial charge in [-0.2, -0.15) is 13.2 Å². The van der Waals surface area contributed by atoms with Gasteiger partial charge >= 0.3 is 6.18 Å². The normalized spacial score (nSPS) is 17.5. The second-order valence-electron chi connectivity index (χ2n) is 5.53. The van der Waals surface area contributed by atoms with Crippen molar-refractivity contribution in [2.45, 2.75) is 24.3 Å². The number of rotatable bonds is 5. The predicted molar refractivity (Wildman–Crippen MR) is 91.2 cm³/mol. The van der Waals surface area contributed by atoms with Gasteiger partial charge in [0.05, 0.1) is 24.4 Å².